The third-order valence-corrected chi connectivity index (χ3v) is 4.11. The summed E-state index contributed by atoms with van der Waals surface area (Å²) >= 11 is 0. The zero-order valence-corrected chi connectivity index (χ0v) is 14.4. The lowest BCUT2D eigenvalue weighted by Gasteiger charge is -2.20. The van der Waals surface area contributed by atoms with Crippen molar-refractivity contribution < 1.29 is 14.3 Å². The number of carbonyl (C=O) groups excluding carboxylic acids is 2. The van der Waals surface area contributed by atoms with Crippen molar-refractivity contribution in [1.82, 2.24) is 0 Å². The summed E-state index contributed by atoms with van der Waals surface area (Å²) in [5.74, 6) is 0.542. The van der Waals surface area contributed by atoms with Crippen molar-refractivity contribution in [2.24, 2.45) is 17.8 Å². The molecule has 1 fully saturated rings. The molecule has 0 radical (unpaired) electrons. The van der Waals surface area contributed by atoms with E-state index < -0.39 is 11.9 Å². The van der Waals surface area contributed by atoms with Gasteiger partial charge in [0.05, 0.1) is 11.1 Å². The van der Waals surface area contributed by atoms with Crippen molar-refractivity contribution in [2.75, 3.05) is 0 Å². The van der Waals surface area contributed by atoms with Gasteiger partial charge in [0.15, 0.2) is 0 Å². The molecular formula is C18H28O3. The van der Waals surface area contributed by atoms with Gasteiger partial charge in [-0.3, -0.25) is 0 Å². The Labute approximate surface area is 128 Å². The highest BCUT2D eigenvalue weighted by atomic mass is 16.6. The number of esters is 2. The first-order chi connectivity index (χ1) is 9.65. The molecule has 0 saturated carbocycles. The predicted molar refractivity (Wildman–Crippen MR) is 84.6 cm³/mol. The van der Waals surface area contributed by atoms with E-state index in [9.17, 15) is 9.59 Å². The Morgan fingerprint density at radius 3 is 1.90 bits per heavy atom. The minimum atomic E-state index is -0.503. The van der Waals surface area contributed by atoms with Gasteiger partial charge < -0.3 is 4.74 Å². The van der Waals surface area contributed by atoms with Crippen LogP contribution in [-0.4, -0.2) is 11.9 Å². The fourth-order valence-electron chi connectivity index (χ4n) is 3.13. The molecule has 0 spiro atoms. The molecule has 1 saturated heterocycles. The molecule has 2 atom stereocenters. The maximum absolute atomic E-state index is 12.0. The topological polar surface area (TPSA) is 43.4 Å². The predicted octanol–water partition coefficient (Wildman–Crippen LogP) is 4.43. The molecule has 3 nitrogen and oxygen atoms in total. The number of rotatable bonds is 5. The van der Waals surface area contributed by atoms with Gasteiger partial charge in [-0.25, -0.2) is 9.59 Å². The quantitative estimate of drug-likeness (QED) is 0.427. The Bertz CT molecular complexity index is 491. The third kappa shape index (κ3) is 4.29. The molecule has 2 unspecified atom stereocenters. The number of allylic oxidation sites excluding steroid dienone is 2. The normalized spacial score (nSPS) is 20.7. The van der Waals surface area contributed by atoms with E-state index in [4.69, 9.17) is 4.74 Å². The van der Waals surface area contributed by atoms with Crippen LogP contribution in [0.5, 0.6) is 0 Å². The second-order valence-electron chi connectivity index (χ2n) is 6.98. The zero-order valence-electron chi connectivity index (χ0n) is 14.4. The Kier molecular flexibility index (Phi) is 5.94. The van der Waals surface area contributed by atoms with Gasteiger partial charge in [0.1, 0.15) is 0 Å². The van der Waals surface area contributed by atoms with Gasteiger partial charge in [-0.2, -0.15) is 0 Å². The SMILES string of the molecule is CC(C)=C1C(=O)OC(=O)/C1=C(/C)C(C)CC(C)CC(C)C. The highest BCUT2D eigenvalue weighted by Gasteiger charge is 2.36. The van der Waals surface area contributed by atoms with Gasteiger partial charge >= 0.3 is 11.9 Å². The summed E-state index contributed by atoms with van der Waals surface area (Å²) in [6.45, 7) is 14.4. The van der Waals surface area contributed by atoms with Gasteiger partial charge in [0.2, 0.25) is 0 Å². The van der Waals surface area contributed by atoms with Gasteiger partial charge in [0.25, 0.3) is 0 Å². The second-order valence-corrected chi connectivity index (χ2v) is 6.98. The van der Waals surface area contributed by atoms with E-state index in [0.29, 0.717) is 23.0 Å². The van der Waals surface area contributed by atoms with E-state index in [1.165, 1.54) is 6.42 Å². The van der Waals surface area contributed by atoms with Gasteiger partial charge in [-0.15, -0.1) is 0 Å². The zero-order chi connectivity index (χ0) is 16.3. The number of ether oxygens (including phenoxy) is 1. The Balaban J connectivity index is 3.02. The van der Waals surface area contributed by atoms with Crippen LogP contribution in [0.1, 0.15) is 61.3 Å². The van der Waals surface area contributed by atoms with Crippen molar-refractivity contribution in [3.63, 3.8) is 0 Å². The van der Waals surface area contributed by atoms with Crippen LogP contribution in [-0.2, 0) is 14.3 Å². The van der Waals surface area contributed by atoms with Crippen molar-refractivity contribution in [1.29, 1.82) is 0 Å². The lowest BCUT2D eigenvalue weighted by Crippen LogP contribution is -2.11. The number of cyclic esters (lactones) is 2. The molecule has 0 aromatic heterocycles. The highest BCUT2D eigenvalue weighted by Crippen LogP contribution is 2.33. The van der Waals surface area contributed by atoms with Crippen LogP contribution in [0.15, 0.2) is 22.3 Å². The second kappa shape index (κ2) is 7.06. The lowest BCUT2D eigenvalue weighted by atomic mass is 9.84. The number of carbonyl (C=O) groups is 2. The molecular weight excluding hydrogens is 264 g/mol. The van der Waals surface area contributed by atoms with Gasteiger partial charge in [0, 0.05) is 0 Å². The van der Waals surface area contributed by atoms with Crippen LogP contribution in [0.3, 0.4) is 0 Å². The smallest absolute Gasteiger partial charge is 0.346 e. The average Bonchev–Trinajstić information content (AvgIpc) is 2.61. The molecule has 0 N–H and O–H groups in total. The first-order valence-electron chi connectivity index (χ1n) is 7.80. The third-order valence-electron chi connectivity index (χ3n) is 4.11. The van der Waals surface area contributed by atoms with Crippen molar-refractivity contribution in [3.05, 3.63) is 22.3 Å². The summed E-state index contributed by atoms with van der Waals surface area (Å²) in [5.41, 5.74) is 2.75. The maximum atomic E-state index is 12.0. The summed E-state index contributed by atoms with van der Waals surface area (Å²) in [7, 11) is 0. The maximum Gasteiger partial charge on any atom is 0.346 e. The van der Waals surface area contributed by atoms with Gasteiger partial charge in [-0.05, 0) is 51.4 Å². The van der Waals surface area contributed by atoms with Crippen LogP contribution in [0, 0.1) is 17.8 Å². The molecule has 0 aliphatic carbocycles. The molecule has 1 heterocycles. The number of hydrogen-bond acceptors (Lipinski definition) is 3. The van der Waals surface area contributed by atoms with E-state index >= 15 is 0 Å². The molecule has 0 aromatic carbocycles. The van der Waals surface area contributed by atoms with Crippen molar-refractivity contribution >= 4 is 11.9 Å². The van der Waals surface area contributed by atoms with E-state index in [2.05, 4.69) is 27.7 Å². The van der Waals surface area contributed by atoms with Gasteiger partial charge in [-0.1, -0.05) is 38.8 Å². The molecule has 1 aliphatic rings. The van der Waals surface area contributed by atoms with Crippen LogP contribution in [0.25, 0.3) is 0 Å². The van der Waals surface area contributed by atoms with Crippen LogP contribution < -0.4 is 0 Å². The summed E-state index contributed by atoms with van der Waals surface area (Å²) in [6, 6.07) is 0. The van der Waals surface area contributed by atoms with E-state index in [0.717, 1.165) is 17.6 Å². The summed E-state index contributed by atoms with van der Waals surface area (Å²) in [6.07, 6.45) is 2.19. The molecule has 1 rings (SSSR count). The number of hydrogen-bond donors (Lipinski definition) is 0. The Hall–Kier alpha value is -1.38. The molecule has 0 amide bonds. The average molecular weight is 292 g/mol. The largest absolute Gasteiger partial charge is 0.386 e. The fraction of sp³-hybridized carbons (Fsp3) is 0.667. The van der Waals surface area contributed by atoms with Crippen LogP contribution in [0.2, 0.25) is 0 Å². The Morgan fingerprint density at radius 2 is 1.43 bits per heavy atom. The fourth-order valence-corrected chi connectivity index (χ4v) is 3.13. The van der Waals surface area contributed by atoms with E-state index in [-0.39, 0.29) is 5.92 Å². The molecule has 3 heteroatoms. The van der Waals surface area contributed by atoms with Crippen LogP contribution >= 0.6 is 0 Å². The lowest BCUT2D eigenvalue weighted by molar-refractivity contribution is -0.149. The monoisotopic (exact) mass is 292 g/mol. The molecule has 118 valence electrons. The molecule has 0 bridgehead atoms. The molecule has 21 heavy (non-hydrogen) atoms. The van der Waals surface area contributed by atoms with Crippen LogP contribution in [0.4, 0.5) is 0 Å². The van der Waals surface area contributed by atoms with E-state index in [1.54, 1.807) is 0 Å². The minimum absolute atomic E-state index is 0.265. The molecule has 0 aromatic rings. The van der Waals surface area contributed by atoms with E-state index in [1.807, 2.05) is 20.8 Å². The highest BCUT2D eigenvalue weighted by molar-refractivity contribution is 6.18. The summed E-state index contributed by atoms with van der Waals surface area (Å²) in [5, 5.41) is 0. The minimum Gasteiger partial charge on any atom is -0.386 e. The van der Waals surface area contributed by atoms with Crippen molar-refractivity contribution in [2.45, 2.75) is 61.3 Å². The summed E-state index contributed by atoms with van der Waals surface area (Å²) in [4.78, 5) is 23.8. The Morgan fingerprint density at radius 1 is 0.905 bits per heavy atom. The first-order valence-corrected chi connectivity index (χ1v) is 7.80. The molecule has 1 aliphatic heterocycles. The first kappa shape index (κ1) is 17.7. The van der Waals surface area contributed by atoms with Crippen molar-refractivity contribution in [3.8, 4) is 0 Å². The standard InChI is InChI=1S/C18H28O3/c1-10(2)8-12(5)9-13(6)14(7)16-15(11(3)4)17(19)21-18(16)20/h10,12-13H,8-9H2,1-7H3/b16-14-. The summed E-state index contributed by atoms with van der Waals surface area (Å²) < 4.78 is 4.80.